The van der Waals surface area contributed by atoms with Crippen LogP contribution in [0, 0.1) is 25.6 Å². The molecule has 23 heavy (non-hydrogen) atoms. The lowest BCUT2D eigenvalue weighted by atomic mass is 9.89. The molecule has 0 aliphatic carbocycles. The number of aromatic nitrogens is 1. The number of rotatable bonds is 4. The van der Waals surface area contributed by atoms with E-state index in [0.29, 0.717) is 19.6 Å². The molecule has 1 saturated heterocycles. The highest BCUT2D eigenvalue weighted by Gasteiger charge is 2.39. The number of carboxylic acid groups (broad SMARTS) is 1. The van der Waals surface area contributed by atoms with Gasteiger partial charge in [-0.2, -0.15) is 0 Å². The summed E-state index contributed by atoms with van der Waals surface area (Å²) in [5.41, 5.74) is 2.55. The number of carboxylic acids is 1. The van der Waals surface area contributed by atoms with Crippen LogP contribution in [0.15, 0.2) is 28.8 Å². The first-order chi connectivity index (χ1) is 11.0. The van der Waals surface area contributed by atoms with Crippen LogP contribution in [0.25, 0.3) is 0 Å². The Labute approximate surface area is 133 Å². The number of likely N-dealkylation sites (tertiary alicyclic amines) is 1. The predicted molar refractivity (Wildman–Crippen MR) is 81.5 cm³/mol. The zero-order valence-electron chi connectivity index (χ0n) is 13.1. The molecule has 0 saturated carbocycles. The Bertz CT molecular complexity index is 709. The molecule has 0 spiro atoms. The van der Waals surface area contributed by atoms with Crippen LogP contribution in [0.4, 0.5) is 4.39 Å². The van der Waals surface area contributed by atoms with Crippen molar-refractivity contribution in [2.75, 3.05) is 13.1 Å². The van der Waals surface area contributed by atoms with Crippen LogP contribution in [-0.4, -0.2) is 34.2 Å². The van der Waals surface area contributed by atoms with Gasteiger partial charge in [-0.25, -0.2) is 4.39 Å². The first-order valence-corrected chi connectivity index (χ1v) is 7.58. The fourth-order valence-electron chi connectivity index (χ4n) is 3.29. The average Bonchev–Trinajstić information content (AvgIpc) is 3.06. The highest BCUT2D eigenvalue weighted by atomic mass is 19.1. The lowest BCUT2D eigenvalue weighted by Gasteiger charge is -2.16. The quantitative estimate of drug-likeness (QED) is 0.939. The van der Waals surface area contributed by atoms with E-state index in [9.17, 15) is 14.3 Å². The SMILES string of the molecule is Cc1noc(C)c1CN1C[C@H](C(=O)O)[C@@H](c2cccc(F)c2)C1. The zero-order chi connectivity index (χ0) is 16.6. The average molecular weight is 318 g/mol. The van der Waals surface area contributed by atoms with Gasteiger partial charge in [0.2, 0.25) is 0 Å². The second-order valence-electron chi connectivity index (χ2n) is 6.10. The third-order valence-corrected chi connectivity index (χ3v) is 4.55. The Morgan fingerprint density at radius 1 is 1.43 bits per heavy atom. The molecule has 1 aliphatic heterocycles. The molecule has 1 aliphatic rings. The summed E-state index contributed by atoms with van der Waals surface area (Å²) in [4.78, 5) is 13.7. The Morgan fingerprint density at radius 2 is 2.22 bits per heavy atom. The maximum atomic E-state index is 13.5. The molecule has 1 aromatic carbocycles. The summed E-state index contributed by atoms with van der Waals surface area (Å²) >= 11 is 0. The number of aliphatic carboxylic acids is 1. The molecule has 2 aromatic rings. The van der Waals surface area contributed by atoms with E-state index in [1.807, 2.05) is 13.8 Å². The molecule has 6 heteroatoms. The molecule has 2 atom stereocenters. The fraction of sp³-hybridized carbons (Fsp3) is 0.412. The Morgan fingerprint density at radius 3 is 2.83 bits per heavy atom. The minimum absolute atomic E-state index is 0.219. The van der Waals surface area contributed by atoms with Crippen molar-refractivity contribution in [2.45, 2.75) is 26.3 Å². The molecule has 1 fully saturated rings. The topological polar surface area (TPSA) is 66.6 Å². The minimum Gasteiger partial charge on any atom is -0.481 e. The van der Waals surface area contributed by atoms with Gasteiger partial charge in [-0.15, -0.1) is 0 Å². The standard InChI is InChI=1S/C17H19FN2O3/c1-10-14(11(2)23-19-10)7-20-8-15(16(9-20)17(21)22)12-4-3-5-13(18)6-12/h3-6,15-16H,7-9H2,1-2H3,(H,21,22)/t15-,16+/m1/s1. The van der Waals surface area contributed by atoms with E-state index >= 15 is 0 Å². The van der Waals surface area contributed by atoms with Crippen LogP contribution < -0.4 is 0 Å². The maximum absolute atomic E-state index is 13.5. The van der Waals surface area contributed by atoms with Crippen LogP contribution in [-0.2, 0) is 11.3 Å². The highest BCUT2D eigenvalue weighted by Crippen LogP contribution is 2.34. The molecule has 0 radical (unpaired) electrons. The van der Waals surface area contributed by atoms with Crippen molar-refractivity contribution in [3.05, 3.63) is 52.7 Å². The second-order valence-corrected chi connectivity index (χ2v) is 6.10. The van der Waals surface area contributed by atoms with E-state index in [-0.39, 0.29) is 11.7 Å². The summed E-state index contributed by atoms with van der Waals surface area (Å²) in [5.74, 6) is -1.19. The predicted octanol–water partition coefficient (Wildman–Crippen LogP) is 2.73. The number of benzene rings is 1. The smallest absolute Gasteiger partial charge is 0.308 e. The fourth-order valence-corrected chi connectivity index (χ4v) is 3.29. The normalized spacial score (nSPS) is 21.7. The zero-order valence-corrected chi connectivity index (χ0v) is 13.1. The van der Waals surface area contributed by atoms with Gasteiger partial charge in [-0.1, -0.05) is 17.3 Å². The van der Waals surface area contributed by atoms with Gasteiger partial charge in [-0.05, 0) is 31.5 Å². The van der Waals surface area contributed by atoms with E-state index in [0.717, 1.165) is 22.6 Å². The van der Waals surface area contributed by atoms with Crippen molar-refractivity contribution < 1.29 is 18.8 Å². The second kappa shape index (κ2) is 6.12. The number of hydrogen-bond donors (Lipinski definition) is 1. The van der Waals surface area contributed by atoms with Gasteiger partial charge in [0.25, 0.3) is 0 Å². The maximum Gasteiger partial charge on any atom is 0.308 e. The molecule has 0 amide bonds. The van der Waals surface area contributed by atoms with E-state index in [1.54, 1.807) is 12.1 Å². The lowest BCUT2D eigenvalue weighted by Crippen LogP contribution is -2.23. The molecule has 0 unspecified atom stereocenters. The van der Waals surface area contributed by atoms with E-state index in [2.05, 4.69) is 10.1 Å². The number of nitrogens with zero attached hydrogens (tertiary/aromatic N) is 2. The summed E-state index contributed by atoms with van der Waals surface area (Å²) in [5, 5.41) is 13.4. The molecule has 0 bridgehead atoms. The summed E-state index contributed by atoms with van der Waals surface area (Å²) < 4.78 is 18.6. The summed E-state index contributed by atoms with van der Waals surface area (Å²) in [6, 6.07) is 6.22. The van der Waals surface area contributed by atoms with Crippen molar-refractivity contribution in [3.8, 4) is 0 Å². The summed E-state index contributed by atoms with van der Waals surface area (Å²) in [7, 11) is 0. The summed E-state index contributed by atoms with van der Waals surface area (Å²) in [6.45, 7) is 5.33. The van der Waals surface area contributed by atoms with Crippen LogP contribution in [0.3, 0.4) is 0 Å². The number of halogens is 1. The Kier molecular flexibility index (Phi) is 4.17. The van der Waals surface area contributed by atoms with Crippen LogP contribution in [0.5, 0.6) is 0 Å². The first-order valence-electron chi connectivity index (χ1n) is 7.58. The molecule has 1 aromatic heterocycles. The molecule has 5 nitrogen and oxygen atoms in total. The van der Waals surface area contributed by atoms with E-state index in [4.69, 9.17) is 4.52 Å². The molecule has 3 rings (SSSR count). The Hall–Kier alpha value is -2.21. The molecule has 122 valence electrons. The van der Waals surface area contributed by atoms with Crippen LogP contribution in [0.2, 0.25) is 0 Å². The molecule has 2 heterocycles. The molecule has 1 N–H and O–H groups in total. The first kappa shape index (κ1) is 15.7. The van der Waals surface area contributed by atoms with Gasteiger partial charge in [-0.3, -0.25) is 9.69 Å². The van der Waals surface area contributed by atoms with Gasteiger partial charge in [0.05, 0.1) is 11.6 Å². The van der Waals surface area contributed by atoms with Gasteiger partial charge >= 0.3 is 5.97 Å². The van der Waals surface area contributed by atoms with Gasteiger partial charge < -0.3 is 9.63 Å². The van der Waals surface area contributed by atoms with Crippen molar-refractivity contribution >= 4 is 5.97 Å². The number of hydrogen-bond acceptors (Lipinski definition) is 4. The van der Waals surface area contributed by atoms with Crippen molar-refractivity contribution in [2.24, 2.45) is 5.92 Å². The van der Waals surface area contributed by atoms with Gasteiger partial charge in [0, 0.05) is 31.1 Å². The minimum atomic E-state index is -0.847. The van der Waals surface area contributed by atoms with Crippen molar-refractivity contribution in [1.29, 1.82) is 0 Å². The van der Waals surface area contributed by atoms with Crippen LogP contribution in [0.1, 0.15) is 28.5 Å². The third-order valence-electron chi connectivity index (χ3n) is 4.55. The lowest BCUT2D eigenvalue weighted by molar-refractivity contribution is -0.141. The Balaban J connectivity index is 1.83. The highest BCUT2D eigenvalue weighted by molar-refractivity contribution is 5.72. The third kappa shape index (κ3) is 3.12. The molecular weight excluding hydrogens is 299 g/mol. The number of aryl methyl sites for hydroxylation is 2. The molecular formula is C17H19FN2O3. The van der Waals surface area contributed by atoms with E-state index < -0.39 is 11.9 Å². The van der Waals surface area contributed by atoms with Crippen molar-refractivity contribution in [1.82, 2.24) is 10.1 Å². The van der Waals surface area contributed by atoms with Crippen LogP contribution >= 0.6 is 0 Å². The monoisotopic (exact) mass is 318 g/mol. The van der Waals surface area contributed by atoms with E-state index in [1.165, 1.54) is 12.1 Å². The number of carbonyl (C=O) groups is 1. The largest absolute Gasteiger partial charge is 0.481 e. The summed E-state index contributed by atoms with van der Waals surface area (Å²) in [6.07, 6.45) is 0. The van der Waals surface area contributed by atoms with Gasteiger partial charge in [0.15, 0.2) is 0 Å². The van der Waals surface area contributed by atoms with Gasteiger partial charge in [0.1, 0.15) is 11.6 Å². The van der Waals surface area contributed by atoms with Crippen molar-refractivity contribution in [3.63, 3.8) is 0 Å².